The Morgan fingerprint density at radius 3 is 2.78 bits per heavy atom. The summed E-state index contributed by atoms with van der Waals surface area (Å²) < 4.78 is 0. The Kier molecular flexibility index (Phi) is 3.84. The molecule has 0 aromatic heterocycles. The van der Waals surface area contributed by atoms with Gasteiger partial charge >= 0.3 is 0 Å². The molecule has 1 unspecified atom stereocenters. The Morgan fingerprint density at radius 2 is 2.22 bits per heavy atom. The fraction of sp³-hybridized carbons (Fsp3) is 0.571. The van der Waals surface area contributed by atoms with E-state index in [0.29, 0.717) is 11.7 Å². The van der Waals surface area contributed by atoms with Gasteiger partial charge in [-0.3, -0.25) is 10.1 Å². The normalized spacial score (nSPS) is 16.3. The van der Waals surface area contributed by atoms with Crippen molar-refractivity contribution in [2.24, 2.45) is 5.92 Å². The van der Waals surface area contributed by atoms with Crippen LogP contribution in [-0.2, 0) is 0 Å². The molecule has 0 saturated heterocycles. The van der Waals surface area contributed by atoms with Gasteiger partial charge in [0.25, 0.3) is 5.69 Å². The average Bonchev–Trinajstić information content (AvgIpc) is 3.14. The number of hydrogen-bond acceptors (Lipinski definition) is 3. The van der Waals surface area contributed by atoms with Crippen LogP contribution in [-0.4, -0.2) is 11.0 Å². The van der Waals surface area contributed by atoms with Gasteiger partial charge in [0.05, 0.1) is 4.92 Å². The zero-order valence-corrected chi connectivity index (χ0v) is 11.0. The molecule has 98 valence electrons. The smallest absolute Gasteiger partial charge is 0.292 e. The van der Waals surface area contributed by atoms with Crippen molar-refractivity contribution in [3.63, 3.8) is 0 Å². The molecule has 0 amide bonds. The zero-order chi connectivity index (χ0) is 13.1. The van der Waals surface area contributed by atoms with Crippen molar-refractivity contribution in [2.75, 3.05) is 5.32 Å². The number of aryl methyl sites for hydroxylation is 1. The molecule has 1 saturated carbocycles. The van der Waals surface area contributed by atoms with Crippen LogP contribution in [0.5, 0.6) is 0 Å². The molecular formula is C14H20N2O2. The van der Waals surface area contributed by atoms with Gasteiger partial charge in [-0.25, -0.2) is 0 Å². The molecule has 4 nitrogen and oxygen atoms in total. The average molecular weight is 248 g/mol. The van der Waals surface area contributed by atoms with Crippen molar-refractivity contribution in [2.45, 2.75) is 45.6 Å². The van der Waals surface area contributed by atoms with Crippen molar-refractivity contribution >= 4 is 11.4 Å². The topological polar surface area (TPSA) is 55.2 Å². The lowest BCUT2D eigenvalue weighted by molar-refractivity contribution is -0.384. The van der Waals surface area contributed by atoms with Crippen LogP contribution in [0.3, 0.4) is 0 Å². The van der Waals surface area contributed by atoms with Gasteiger partial charge in [-0.15, -0.1) is 0 Å². The molecule has 2 rings (SSSR count). The predicted octanol–water partition coefficient (Wildman–Crippen LogP) is 3.89. The summed E-state index contributed by atoms with van der Waals surface area (Å²) in [5, 5.41) is 14.4. The molecule has 0 radical (unpaired) electrons. The minimum Gasteiger partial charge on any atom is -0.377 e. The van der Waals surface area contributed by atoms with Crippen molar-refractivity contribution in [1.29, 1.82) is 0 Å². The van der Waals surface area contributed by atoms with Crippen LogP contribution in [0.15, 0.2) is 18.2 Å². The molecule has 1 aliphatic carbocycles. The number of nitro groups is 1. The summed E-state index contributed by atoms with van der Waals surface area (Å²) in [5.41, 5.74) is 1.82. The van der Waals surface area contributed by atoms with Gasteiger partial charge in [0.2, 0.25) is 0 Å². The van der Waals surface area contributed by atoms with Crippen LogP contribution >= 0.6 is 0 Å². The predicted molar refractivity (Wildman–Crippen MR) is 72.9 cm³/mol. The second kappa shape index (κ2) is 5.38. The van der Waals surface area contributed by atoms with E-state index >= 15 is 0 Å². The highest BCUT2D eigenvalue weighted by Gasteiger charge is 2.26. The van der Waals surface area contributed by atoms with Gasteiger partial charge in [-0.05, 0) is 31.2 Å². The van der Waals surface area contributed by atoms with Crippen molar-refractivity contribution in [3.05, 3.63) is 33.9 Å². The fourth-order valence-electron chi connectivity index (χ4n) is 2.28. The highest BCUT2D eigenvalue weighted by molar-refractivity contribution is 5.66. The van der Waals surface area contributed by atoms with E-state index < -0.39 is 0 Å². The van der Waals surface area contributed by atoms with Gasteiger partial charge in [-0.2, -0.15) is 0 Å². The van der Waals surface area contributed by atoms with E-state index in [4.69, 9.17) is 0 Å². The van der Waals surface area contributed by atoms with E-state index in [1.54, 1.807) is 12.1 Å². The fourth-order valence-corrected chi connectivity index (χ4v) is 2.28. The van der Waals surface area contributed by atoms with Crippen LogP contribution < -0.4 is 5.32 Å². The number of nitrogens with one attached hydrogen (secondary N) is 1. The van der Waals surface area contributed by atoms with Gasteiger partial charge in [0.1, 0.15) is 5.69 Å². The van der Waals surface area contributed by atoms with Crippen LogP contribution in [0.4, 0.5) is 11.4 Å². The Hall–Kier alpha value is -1.58. The molecule has 1 fully saturated rings. The molecule has 18 heavy (non-hydrogen) atoms. The number of hydrogen-bond donors (Lipinski definition) is 1. The first-order valence-electron chi connectivity index (χ1n) is 6.62. The molecule has 1 aromatic carbocycles. The lowest BCUT2D eigenvalue weighted by Gasteiger charge is -2.19. The number of benzene rings is 1. The van der Waals surface area contributed by atoms with Crippen LogP contribution in [0, 0.1) is 23.0 Å². The third-order valence-electron chi connectivity index (χ3n) is 3.60. The maximum Gasteiger partial charge on any atom is 0.292 e. The highest BCUT2D eigenvalue weighted by Crippen LogP contribution is 2.36. The Morgan fingerprint density at radius 1 is 1.50 bits per heavy atom. The van der Waals surface area contributed by atoms with E-state index in [9.17, 15) is 10.1 Å². The zero-order valence-electron chi connectivity index (χ0n) is 11.0. The van der Waals surface area contributed by atoms with Gasteiger partial charge < -0.3 is 5.32 Å². The number of nitrogens with zero attached hydrogens (tertiary/aromatic N) is 1. The minimum absolute atomic E-state index is 0.184. The lowest BCUT2D eigenvalue weighted by atomic mass is 10.1. The van der Waals surface area contributed by atoms with Gasteiger partial charge in [0.15, 0.2) is 0 Å². The van der Waals surface area contributed by atoms with Crippen molar-refractivity contribution < 1.29 is 4.92 Å². The monoisotopic (exact) mass is 248 g/mol. The second-order valence-corrected chi connectivity index (χ2v) is 5.15. The quantitative estimate of drug-likeness (QED) is 0.613. The largest absolute Gasteiger partial charge is 0.377 e. The number of anilines is 1. The first-order chi connectivity index (χ1) is 8.61. The molecule has 0 bridgehead atoms. The molecule has 4 heteroatoms. The Bertz CT molecular complexity index is 441. The number of para-hydroxylation sites is 1. The van der Waals surface area contributed by atoms with Crippen LogP contribution in [0.1, 0.15) is 38.2 Å². The first-order valence-corrected chi connectivity index (χ1v) is 6.62. The van der Waals surface area contributed by atoms with Crippen LogP contribution in [0.2, 0.25) is 0 Å². The maximum absolute atomic E-state index is 11.0. The summed E-state index contributed by atoms with van der Waals surface area (Å²) in [6, 6.07) is 5.57. The molecule has 1 N–H and O–H groups in total. The SMILES string of the molecule is CCC(CC1CC1)Nc1c(C)cccc1[N+](=O)[O-]. The molecule has 0 heterocycles. The minimum atomic E-state index is -0.306. The van der Waals surface area contributed by atoms with E-state index in [2.05, 4.69) is 12.2 Å². The lowest BCUT2D eigenvalue weighted by Crippen LogP contribution is -2.20. The molecule has 1 aromatic rings. The van der Waals surface area contributed by atoms with Crippen molar-refractivity contribution in [3.8, 4) is 0 Å². The van der Waals surface area contributed by atoms with Crippen molar-refractivity contribution in [1.82, 2.24) is 0 Å². The second-order valence-electron chi connectivity index (χ2n) is 5.15. The summed E-state index contributed by atoms with van der Waals surface area (Å²) in [7, 11) is 0. The molecule has 0 spiro atoms. The Labute approximate surface area is 108 Å². The maximum atomic E-state index is 11.0. The molecule has 0 aliphatic heterocycles. The summed E-state index contributed by atoms with van der Waals surface area (Å²) in [6.45, 7) is 4.04. The summed E-state index contributed by atoms with van der Waals surface area (Å²) in [4.78, 5) is 10.7. The van der Waals surface area contributed by atoms with E-state index in [-0.39, 0.29) is 10.6 Å². The summed E-state index contributed by atoms with van der Waals surface area (Å²) >= 11 is 0. The van der Waals surface area contributed by atoms with E-state index in [0.717, 1.165) is 24.3 Å². The van der Waals surface area contributed by atoms with E-state index in [1.165, 1.54) is 12.8 Å². The van der Waals surface area contributed by atoms with Gasteiger partial charge in [-0.1, -0.05) is 31.9 Å². The summed E-state index contributed by atoms with van der Waals surface area (Å²) in [6.07, 6.45) is 4.76. The third-order valence-corrected chi connectivity index (χ3v) is 3.60. The first kappa shape index (κ1) is 12.9. The molecule has 1 atom stereocenters. The highest BCUT2D eigenvalue weighted by atomic mass is 16.6. The van der Waals surface area contributed by atoms with Crippen LogP contribution in [0.25, 0.3) is 0 Å². The molecular weight excluding hydrogens is 228 g/mol. The number of nitro benzene ring substituents is 1. The molecule has 1 aliphatic rings. The van der Waals surface area contributed by atoms with E-state index in [1.807, 2.05) is 13.0 Å². The Balaban J connectivity index is 2.17. The van der Waals surface area contributed by atoms with Gasteiger partial charge in [0, 0.05) is 12.1 Å². The number of rotatable bonds is 6. The summed E-state index contributed by atoms with van der Waals surface area (Å²) in [5.74, 6) is 0.825. The third kappa shape index (κ3) is 3.00. The standard InChI is InChI=1S/C14H20N2O2/c1-3-12(9-11-7-8-11)15-14-10(2)5-4-6-13(14)16(17)18/h4-6,11-12,15H,3,7-9H2,1-2H3.